The third kappa shape index (κ3) is 1.93. The molecule has 1 aliphatic heterocycles. The summed E-state index contributed by atoms with van der Waals surface area (Å²) in [5.41, 5.74) is 1.11. The van der Waals surface area contributed by atoms with Crippen LogP contribution in [0.2, 0.25) is 0 Å². The molecule has 0 bridgehead atoms. The van der Waals surface area contributed by atoms with Crippen LogP contribution in [-0.4, -0.2) is 20.7 Å². The van der Waals surface area contributed by atoms with Crippen molar-refractivity contribution in [3.05, 3.63) is 28.2 Å². The highest BCUT2D eigenvalue weighted by atomic mass is 79.9. The van der Waals surface area contributed by atoms with Crippen LogP contribution in [0.3, 0.4) is 0 Å². The second-order valence-corrected chi connectivity index (χ2v) is 6.39. The van der Waals surface area contributed by atoms with E-state index in [-0.39, 0.29) is 5.75 Å². The Kier molecular flexibility index (Phi) is 2.91. The molecule has 0 unspecified atom stereocenters. The number of hydrogen-bond donors (Lipinski definition) is 0. The zero-order valence-electron chi connectivity index (χ0n) is 8.35. The summed E-state index contributed by atoms with van der Waals surface area (Å²) in [4.78, 5) is 0. The van der Waals surface area contributed by atoms with E-state index in [4.69, 9.17) is 5.26 Å². The maximum absolute atomic E-state index is 11.7. The van der Waals surface area contributed by atoms with Crippen LogP contribution >= 0.6 is 15.9 Å². The van der Waals surface area contributed by atoms with Gasteiger partial charge >= 0.3 is 0 Å². The quantitative estimate of drug-likeness (QED) is 0.795. The Labute approximate surface area is 103 Å². The van der Waals surface area contributed by atoms with Crippen molar-refractivity contribution >= 4 is 31.6 Å². The first-order valence-corrected chi connectivity index (χ1v) is 7.15. The molecule has 1 aliphatic rings. The fourth-order valence-corrected chi connectivity index (χ4v) is 3.98. The van der Waals surface area contributed by atoms with Crippen molar-refractivity contribution in [2.45, 2.75) is 6.42 Å². The minimum Gasteiger partial charge on any atom is -0.269 e. The maximum atomic E-state index is 11.7. The molecule has 0 saturated carbocycles. The molecular weight excluding hydrogens is 292 g/mol. The van der Waals surface area contributed by atoms with E-state index in [1.54, 1.807) is 18.2 Å². The van der Waals surface area contributed by atoms with Crippen LogP contribution in [0, 0.1) is 11.3 Å². The van der Waals surface area contributed by atoms with Gasteiger partial charge in [-0.05, 0) is 40.5 Å². The fourth-order valence-electron chi connectivity index (χ4n) is 1.69. The summed E-state index contributed by atoms with van der Waals surface area (Å²) in [5, 5.41) is 8.72. The summed E-state index contributed by atoms with van der Waals surface area (Å²) in [6, 6.07) is 6.91. The Bertz CT molecular complexity index is 563. The summed E-state index contributed by atoms with van der Waals surface area (Å²) < 4.78 is 25.4. The molecule has 0 spiro atoms. The number of halogens is 1. The molecule has 1 aromatic rings. The van der Waals surface area contributed by atoms with E-state index in [9.17, 15) is 8.42 Å². The molecule has 1 heterocycles. The highest BCUT2D eigenvalue weighted by molar-refractivity contribution is 9.10. The van der Waals surface area contributed by atoms with Crippen LogP contribution in [0.25, 0.3) is 0 Å². The number of nitrogens with zero attached hydrogens (tertiary/aromatic N) is 2. The second-order valence-electron chi connectivity index (χ2n) is 3.52. The Morgan fingerprint density at radius 2 is 2.19 bits per heavy atom. The lowest BCUT2D eigenvalue weighted by Crippen LogP contribution is -2.25. The number of nitriles is 1. The zero-order valence-corrected chi connectivity index (χ0v) is 10.8. The molecule has 84 valence electrons. The number of benzene rings is 1. The predicted molar refractivity (Wildman–Crippen MR) is 64.6 cm³/mol. The summed E-state index contributed by atoms with van der Waals surface area (Å²) in [7, 11) is -3.16. The van der Waals surface area contributed by atoms with Crippen molar-refractivity contribution in [1.29, 1.82) is 5.26 Å². The lowest BCUT2D eigenvalue weighted by atomic mass is 10.2. The van der Waals surface area contributed by atoms with E-state index >= 15 is 0 Å². The predicted octanol–water partition coefficient (Wildman–Crippen LogP) is 1.86. The van der Waals surface area contributed by atoms with Crippen molar-refractivity contribution in [1.82, 2.24) is 0 Å². The number of rotatable bonds is 1. The van der Waals surface area contributed by atoms with Crippen LogP contribution < -0.4 is 4.31 Å². The second kappa shape index (κ2) is 4.07. The molecule has 0 aliphatic carbocycles. The summed E-state index contributed by atoms with van der Waals surface area (Å²) in [6.45, 7) is 0.507. The SMILES string of the molecule is N#Cc1ccc(N2CCCS2(=O)=O)c(Br)c1. The fraction of sp³-hybridized carbons (Fsp3) is 0.300. The van der Waals surface area contributed by atoms with Gasteiger partial charge in [-0.3, -0.25) is 4.31 Å². The summed E-state index contributed by atoms with van der Waals surface area (Å²) in [5.74, 6) is 0.194. The summed E-state index contributed by atoms with van der Waals surface area (Å²) in [6.07, 6.45) is 0.648. The summed E-state index contributed by atoms with van der Waals surface area (Å²) >= 11 is 3.29. The van der Waals surface area contributed by atoms with E-state index in [1.165, 1.54) is 4.31 Å². The smallest absolute Gasteiger partial charge is 0.235 e. The molecule has 6 heteroatoms. The van der Waals surface area contributed by atoms with Gasteiger partial charge in [0.2, 0.25) is 10.0 Å². The lowest BCUT2D eigenvalue weighted by Gasteiger charge is -2.18. The van der Waals surface area contributed by atoms with Crippen molar-refractivity contribution in [2.24, 2.45) is 0 Å². The molecule has 4 nitrogen and oxygen atoms in total. The van der Waals surface area contributed by atoms with Crippen molar-refractivity contribution < 1.29 is 8.42 Å². The largest absolute Gasteiger partial charge is 0.269 e. The Morgan fingerprint density at radius 3 is 2.69 bits per heavy atom. The average Bonchev–Trinajstić information content (AvgIpc) is 2.58. The van der Waals surface area contributed by atoms with E-state index < -0.39 is 10.0 Å². The van der Waals surface area contributed by atoms with E-state index in [0.717, 1.165) is 0 Å². The Morgan fingerprint density at radius 1 is 1.44 bits per heavy atom. The monoisotopic (exact) mass is 300 g/mol. The molecule has 1 aromatic carbocycles. The van der Waals surface area contributed by atoms with Crippen LogP contribution in [0.1, 0.15) is 12.0 Å². The van der Waals surface area contributed by atoms with Gasteiger partial charge in [-0.2, -0.15) is 5.26 Å². The highest BCUT2D eigenvalue weighted by Gasteiger charge is 2.29. The topological polar surface area (TPSA) is 61.2 Å². The zero-order chi connectivity index (χ0) is 11.8. The number of hydrogen-bond acceptors (Lipinski definition) is 3. The van der Waals surface area contributed by atoms with Gasteiger partial charge in [0.05, 0.1) is 23.1 Å². The van der Waals surface area contributed by atoms with Crippen molar-refractivity contribution in [3.63, 3.8) is 0 Å². The van der Waals surface area contributed by atoms with Gasteiger partial charge in [0.15, 0.2) is 0 Å². The standard InChI is InChI=1S/C10H9BrN2O2S/c11-9-6-8(7-12)2-3-10(9)13-4-1-5-16(13,14)15/h2-3,6H,1,4-5H2. The van der Waals surface area contributed by atoms with E-state index in [1.807, 2.05) is 6.07 Å². The van der Waals surface area contributed by atoms with Gasteiger partial charge in [0.25, 0.3) is 0 Å². The first-order chi connectivity index (χ1) is 7.54. The van der Waals surface area contributed by atoms with Crippen LogP contribution in [0.5, 0.6) is 0 Å². The maximum Gasteiger partial charge on any atom is 0.235 e. The van der Waals surface area contributed by atoms with Crippen LogP contribution in [0.15, 0.2) is 22.7 Å². The minimum atomic E-state index is -3.16. The van der Waals surface area contributed by atoms with Crippen LogP contribution in [-0.2, 0) is 10.0 Å². The first-order valence-electron chi connectivity index (χ1n) is 4.75. The minimum absolute atomic E-state index is 0.194. The van der Waals surface area contributed by atoms with Gasteiger partial charge in [-0.15, -0.1) is 0 Å². The Balaban J connectivity index is 2.46. The van der Waals surface area contributed by atoms with Crippen molar-refractivity contribution in [2.75, 3.05) is 16.6 Å². The van der Waals surface area contributed by atoms with E-state index in [2.05, 4.69) is 15.9 Å². The molecule has 2 rings (SSSR count). The van der Waals surface area contributed by atoms with Crippen LogP contribution in [0.4, 0.5) is 5.69 Å². The molecule has 0 radical (unpaired) electrons. The molecule has 1 fully saturated rings. The molecule has 0 N–H and O–H groups in total. The number of sulfonamides is 1. The van der Waals surface area contributed by atoms with E-state index in [0.29, 0.717) is 28.7 Å². The number of anilines is 1. The van der Waals surface area contributed by atoms with Gasteiger partial charge in [-0.25, -0.2) is 8.42 Å². The van der Waals surface area contributed by atoms with Gasteiger partial charge < -0.3 is 0 Å². The molecule has 0 aromatic heterocycles. The third-order valence-corrected chi connectivity index (χ3v) is 4.94. The van der Waals surface area contributed by atoms with Gasteiger partial charge in [-0.1, -0.05) is 0 Å². The first kappa shape index (κ1) is 11.4. The van der Waals surface area contributed by atoms with Gasteiger partial charge in [0, 0.05) is 11.0 Å². The highest BCUT2D eigenvalue weighted by Crippen LogP contribution is 2.31. The molecule has 0 amide bonds. The Hall–Kier alpha value is -1.06. The lowest BCUT2D eigenvalue weighted by molar-refractivity contribution is 0.599. The molecular formula is C10H9BrN2O2S. The average molecular weight is 301 g/mol. The third-order valence-electron chi connectivity index (χ3n) is 2.44. The molecule has 1 saturated heterocycles. The van der Waals surface area contributed by atoms with Gasteiger partial charge in [0.1, 0.15) is 0 Å². The molecule has 16 heavy (non-hydrogen) atoms. The molecule has 0 atom stereocenters. The normalized spacial score (nSPS) is 18.4. The van der Waals surface area contributed by atoms with Crippen molar-refractivity contribution in [3.8, 4) is 6.07 Å².